The maximum Gasteiger partial charge on any atom is 0.323 e. The molecule has 0 spiro atoms. The van der Waals surface area contributed by atoms with E-state index in [-0.39, 0.29) is 12.0 Å². The molecule has 0 saturated heterocycles. The second-order valence-electron chi connectivity index (χ2n) is 4.81. The molecule has 1 N–H and O–H groups in total. The first-order valence-electron chi connectivity index (χ1n) is 6.59. The van der Waals surface area contributed by atoms with Crippen molar-refractivity contribution in [3.05, 3.63) is 0 Å². The SMILES string of the molecule is CCNC(C(=O)OCC)C1CCC(C)CC1. The molecule has 1 rings (SSSR count). The molecule has 1 aliphatic carbocycles. The summed E-state index contributed by atoms with van der Waals surface area (Å²) in [5.41, 5.74) is 0. The minimum absolute atomic E-state index is 0.0658. The summed E-state index contributed by atoms with van der Waals surface area (Å²) in [6, 6.07) is -0.0857. The molecule has 3 heteroatoms. The lowest BCUT2D eigenvalue weighted by molar-refractivity contribution is -0.147. The van der Waals surface area contributed by atoms with Crippen molar-refractivity contribution in [3.63, 3.8) is 0 Å². The molecule has 0 aromatic heterocycles. The van der Waals surface area contributed by atoms with Crippen molar-refractivity contribution in [3.8, 4) is 0 Å². The molecule has 0 aromatic rings. The first-order chi connectivity index (χ1) is 7.69. The zero-order valence-corrected chi connectivity index (χ0v) is 10.8. The summed E-state index contributed by atoms with van der Waals surface area (Å²) in [6.07, 6.45) is 4.78. The highest BCUT2D eigenvalue weighted by Gasteiger charge is 2.31. The number of hydrogen-bond donors (Lipinski definition) is 1. The summed E-state index contributed by atoms with van der Waals surface area (Å²) < 4.78 is 5.14. The Hall–Kier alpha value is -0.570. The highest BCUT2D eigenvalue weighted by atomic mass is 16.5. The van der Waals surface area contributed by atoms with Crippen LogP contribution in [0.3, 0.4) is 0 Å². The highest BCUT2D eigenvalue weighted by Crippen LogP contribution is 2.30. The zero-order valence-electron chi connectivity index (χ0n) is 10.8. The molecule has 1 atom stereocenters. The van der Waals surface area contributed by atoms with Crippen LogP contribution in [0.25, 0.3) is 0 Å². The number of carbonyl (C=O) groups excluding carboxylic acids is 1. The Morgan fingerprint density at radius 2 is 1.94 bits per heavy atom. The Labute approximate surface area is 98.9 Å². The Bertz CT molecular complexity index is 210. The molecule has 0 aliphatic heterocycles. The van der Waals surface area contributed by atoms with Crippen LogP contribution in [0.2, 0.25) is 0 Å². The predicted molar refractivity (Wildman–Crippen MR) is 65.2 cm³/mol. The van der Waals surface area contributed by atoms with Gasteiger partial charge in [-0.25, -0.2) is 0 Å². The fraction of sp³-hybridized carbons (Fsp3) is 0.923. The third-order valence-corrected chi connectivity index (χ3v) is 3.50. The van der Waals surface area contributed by atoms with Gasteiger partial charge in [0.15, 0.2) is 0 Å². The quantitative estimate of drug-likeness (QED) is 0.733. The lowest BCUT2D eigenvalue weighted by Gasteiger charge is -2.31. The van der Waals surface area contributed by atoms with E-state index in [1.54, 1.807) is 0 Å². The van der Waals surface area contributed by atoms with E-state index in [1.807, 2.05) is 13.8 Å². The molecule has 16 heavy (non-hydrogen) atoms. The maximum atomic E-state index is 11.8. The molecule has 0 amide bonds. The normalized spacial score (nSPS) is 27.4. The summed E-state index contributed by atoms with van der Waals surface area (Å²) in [4.78, 5) is 11.8. The second-order valence-corrected chi connectivity index (χ2v) is 4.81. The molecule has 1 fully saturated rings. The van der Waals surface area contributed by atoms with Crippen molar-refractivity contribution in [1.29, 1.82) is 0 Å². The van der Waals surface area contributed by atoms with Gasteiger partial charge < -0.3 is 10.1 Å². The van der Waals surface area contributed by atoms with Gasteiger partial charge in [0.25, 0.3) is 0 Å². The Balaban J connectivity index is 2.51. The van der Waals surface area contributed by atoms with Gasteiger partial charge in [0.05, 0.1) is 6.61 Å². The first kappa shape index (κ1) is 13.5. The molecule has 94 valence electrons. The van der Waals surface area contributed by atoms with Crippen LogP contribution >= 0.6 is 0 Å². The van der Waals surface area contributed by atoms with Crippen molar-refractivity contribution < 1.29 is 9.53 Å². The maximum absolute atomic E-state index is 11.8. The smallest absolute Gasteiger partial charge is 0.323 e. The topological polar surface area (TPSA) is 38.3 Å². The zero-order chi connectivity index (χ0) is 12.0. The Morgan fingerprint density at radius 1 is 1.31 bits per heavy atom. The molecular formula is C13H25NO2. The van der Waals surface area contributed by atoms with E-state index in [9.17, 15) is 4.79 Å². The molecular weight excluding hydrogens is 202 g/mol. The summed E-state index contributed by atoms with van der Waals surface area (Å²) in [5, 5.41) is 3.28. The summed E-state index contributed by atoms with van der Waals surface area (Å²) >= 11 is 0. The molecule has 0 heterocycles. The average molecular weight is 227 g/mol. The average Bonchev–Trinajstić information content (AvgIpc) is 2.28. The van der Waals surface area contributed by atoms with E-state index in [4.69, 9.17) is 4.74 Å². The van der Waals surface area contributed by atoms with Crippen LogP contribution in [-0.2, 0) is 9.53 Å². The van der Waals surface area contributed by atoms with Crippen molar-refractivity contribution >= 4 is 5.97 Å². The van der Waals surface area contributed by atoms with Crippen LogP contribution in [0.5, 0.6) is 0 Å². The number of hydrogen-bond acceptors (Lipinski definition) is 3. The molecule has 1 saturated carbocycles. The monoisotopic (exact) mass is 227 g/mol. The van der Waals surface area contributed by atoms with Gasteiger partial charge in [-0.3, -0.25) is 4.79 Å². The standard InChI is InChI=1S/C13H25NO2/c1-4-14-12(13(15)16-5-2)11-8-6-10(3)7-9-11/h10-12,14H,4-9H2,1-3H3. The highest BCUT2D eigenvalue weighted by molar-refractivity contribution is 5.76. The number of esters is 1. The molecule has 1 aliphatic rings. The molecule has 0 aromatic carbocycles. The number of likely N-dealkylation sites (N-methyl/N-ethyl adjacent to an activating group) is 1. The van der Waals surface area contributed by atoms with Crippen LogP contribution in [0, 0.1) is 11.8 Å². The van der Waals surface area contributed by atoms with E-state index < -0.39 is 0 Å². The number of ether oxygens (including phenoxy) is 1. The molecule has 1 unspecified atom stereocenters. The second kappa shape index (κ2) is 6.89. The van der Waals surface area contributed by atoms with Crippen molar-refractivity contribution in [1.82, 2.24) is 5.32 Å². The predicted octanol–water partition coefficient (Wildman–Crippen LogP) is 2.35. The minimum Gasteiger partial charge on any atom is -0.465 e. The molecule has 3 nitrogen and oxygen atoms in total. The van der Waals surface area contributed by atoms with E-state index in [0.29, 0.717) is 12.5 Å². The summed E-state index contributed by atoms with van der Waals surface area (Å²) in [7, 11) is 0. The van der Waals surface area contributed by atoms with Gasteiger partial charge in [0.2, 0.25) is 0 Å². The van der Waals surface area contributed by atoms with Gasteiger partial charge in [-0.1, -0.05) is 26.7 Å². The minimum atomic E-state index is -0.0857. The van der Waals surface area contributed by atoms with E-state index in [1.165, 1.54) is 12.8 Å². The van der Waals surface area contributed by atoms with E-state index >= 15 is 0 Å². The fourth-order valence-electron chi connectivity index (χ4n) is 2.51. The van der Waals surface area contributed by atoms with Gasteiger partial charge in [-0.05, 0) is 38.1 Å². The number of rotatable bonds is 5. The van der Waals surface area contributed by atoms with Crippen molar-refractivity contribution in [2.45, 2.75) is 52.5 Å². The van der Waals surface area contributed by atoms with Crippen LogP contribution in [-0.4, -0.2) is 25.2 Å². The van der Waals surface area contributed by atoms with Crippen molar-refractivity contribution in [2.75, 3.05) is 13.2 Å². The van der Waals surface area contributed by atoms with Crippen LogP contribution in [0.15, 0.2) is 0 Å². The van der Waals surface area contributed by atoms with Gasteiger partial charge in [0.1, 0.15) is 6.04 Å². The van der Waals surface area contributed by atoms with Crippen LogP contribution in [0.1, 0.15) is 46.5 Å². The van der Waals surface area contributed by atoms with Crippen LogP contribution < -0.4 is 5.32 Å². The fourth-order valence-corrected chi connectivity index (χ4v) is 2.51. The number of nitrogens with one attached hydrogen (secondary N) is 1. The van der Waals surface area contributed by atoms with Gasteiger partial charge in [-0.15, -0.1) is 0 Å². The van der Waals surface area contributed by atoms with Gasteiger partial charge >= 0.3 is 5.97 Å². The third-order valence-electron chi connectivity index (χ3n) is 3.50. The molecule has 0 radical (unpaired) electrons. The Kier molecular flexibility index (Phi) is 5.81. The van der Waals surface area contributed by atoms with Gasteiger partial charge in [0, 0.05) is 0 Å². The molecule has 0 bridgehead atoms. The van der Waals surface area contributed by atoms with Gasteiger partial charge in [-0.2, -0.15) is 0 Å². The lowest BCUT2D eigenvalue weighted by atomic mass is 9.79. The Morgan fingerprint density at radius 3 is 2.44 bits per heavy atom. The largest absolute Gasteiger partial charge is 0.465 e. The van der Waals surface area contributed by atoms with E-state index in [0.717, 1.165) is 25.3 Å². The summed E-state index contributed by atoms with van der Waals surface area (Å²) in [6.45, 7) is 7.50. The lowest BCUT2D eigenvalue weighted by Crippen LogP contribution is -2.45. The van der Waals surface area contributed by atoms with Crippen LogP contribution in [0.4, 0.5) is 0 Å². The first-order valence-corrected chi connectivity index (χ1v) is 6.59. The summed E-state index contributed by atoms with van der Waals surface area (Å²) in [5.74, 6) is 1.22. The van der Waals surface area contributed by atoms with E-state index in [2.05, 4.69) is 12.2 Å². The number of carbonyl (C=O) groups is 1. The third kappa shape index (κ3) is 3.78. The van der Waals surface area contributed by atoms with Crippen molar-refractivity contribution in [2.24, 2.45) is 11.8 Å².